The van der Waals surface area contributed by atoms with Gasteiger partial charge in [0.1, 0.15) is 5.69 Å². The van der Waals surface area contributed by atoms with Crippen LogP contribution >= 0.6 is 0 Å². The van der Waals surface area contributed by atoms with E-state index in [1.165, 1.54) is 17.7 Å². The highest BCUT2D eigenvalue weighted by molar-refractivity contribution is 5.93. The van der Waals surface area contributed by atoms with Crippen molar-refractivity contribution in [2.75, 3.05) is 19.6 Å². The van der Waals surface area contributed by atoms with Crippen molar-refractivity contribution in [3.05, 3.63) is 82.0 Å². The zero-order chi connectivity index (χ0) is 22.3. The number of carbonyl (C=O) groups excluding carboxylic acids is 1. The van der Waals surface area contributed by atoms with Gasteiger partial charge in [0, 0.05) is 30.8 Å². The molecule has 0 bridgehead atoms. The van der Waals surface area contributed by atoms with Gasteiger partial charge in [-0.05, 0) is 62.0 Å². The molecule has 2 aromatic carbocycles. The number of nitro benzene ring substituents is 1. The third kappa shape index (κ3) is 5.59. The number of nitrogens with one attached hydrogen (secondary N) is 2. The highest BCUT2D eigenvalue weighted by atomic mass is 16.6. The Kier molecular flexibility index (Phi) is 6.91. The number of piperidine rings is 1. The van der Waals surface area contributed by atoms with Crippen molar-refractivity contribution in [2.24, 2.45) is 5.92 Å². The lowest BCUT2D eigenvalue weighted by atomic mass is 9.93. The molecule has 0 saturated carbocycles. The number of aromatic amines is 1. The Labute approximate surface area is 186 Å². The molecule has 32 heavy (non-hydrogen) atoms. The van der Waals surface area contributed by atoms with Crippen molar-refractivity contribution in [3.63, 3.8) is 0 Å². The molecule has 4 rings (SSSR count). The predicted octanol–water partition coefficient (Wildman–Crippen LogP) is 4.02. The molecule has 2 heterocycles. The van der Waals surface area contributed by atoms with Crippen molar-refractivity contribution in [1.82, 2.24) is 20.4 Å². The largest absolute Gasteiger partial charge is 0.351 e. The molecule has 0 radical (unpaired) electrons. The summed E-state index contributed by atoms with van der Waals surface area (Å²) in [5.74, 6) is 0.437. The minimum atomic E-state index is -0.444. The second-order valence-electron chi connectivity index (χ2n) is 8.22. The fourth-order valence-electron chi connectivity index (χ4n) is 4.10. The molecule has 0 aliphatic carbocycles. The van der Waals surface area contributed by atoms with E-state index in [-0.39, 0.29) is 11.6 Å². The quantitative estimate of drug-likeness (QED) is 0.412. The lowest BCUT2D eigenvalue weighted by molar-refractivity contribution is -0.384. The second-order valence-corrected chi connectivity index (χ2v) is 8.22. The fraction of sp³-hybridized carbons (Fsp3) is 0.333. The summed E-state index contributed by atoms with van der Waals surface area (Å²) in [5, 5.41) is 20.7. The van der Waals surface area contributed by atoms with Crippen LogP contribution in [-0.4, -0.2) is 45.6 Å². The van der Waals surface area contributed by atoms with Gasteiger partial charge in [-0.1, -0.05) is 30.3 Å². The maximum absolute atomic E-state index is 12.4. The Balaban J connectivity index is 1.20. The molecule has 2 N–H and O–H groups in total. The number of likely N-dealkylation sites (tertiary alicyclic amines) is 1. The highest BCUT2D eigenvalue weighted by Crippen LogP contribution is 2.22. The first-order valence-corrected chi connectivity index (χ1v) is 10.9. The van der Waals surface area contributed by atoms with Gasteiger partial charge >= 0.3 is 0 Å². The maximum atomic E-state index is 12.4. The van der Waals surface area contributed by atoms with E-state index in [1.807, 2.05) is 6.07 Å². The third-order valence-electron chi connectivity index (χ3n) is 5.99. The van der Waals surface area contributed by atoms with Gasteiger partial charge in [0.15, 0.2) is 0 Å². The number of benzene rings is 2. The van der Waals surface area contributed by atoms with Gasteiger partial charge in [-0.15, -0.1) is 0 Å². The minimum absolute atomic E-state index is 0.0214. The molecule has 1 fully saturated rings. The Hall–Kier alpha value is -3.52. The molecule has 0 unspecified atom stereocenters. The van der Waals surface area contributed by atoms with Crippen molar-refractivity contribution in [3.8, 4) is 11.3 Å². The van der Waals surface area contributed by atoms with Crippen LogP contribution in [0.1, 0.15) is 35.3 Å². The Morgan fingerprint density at radius 3 is 2.53 bits per heavy atom. The summed E-state index contributed by atoms with van der Waals surface area (Å²) in [6, 6.07) is 18.3. The average Bonchev–Trinajstić information content (AvgIpc) is 3.31. The van der Waals surface area contributed by atoms with E-state index < -0.39 is 4.92 Å². The smallest absolute Gasteiger partial charge is 0.269 e. The van der Waals surface area contributed by atoms with Crippen LogP contribution in [0.25, 0.3) is 11.3 Å². The summed E-state index contributed by atoms with van der Waals surface area (Å²) in [5.41, 5.74) is 3.05. The average molecular weight is 434 g/mol. The normalized spacial score (nSPS) is 14.9. The van der Waals surface area contributed by atoms with Gasteiger partial charge in [0.25, 0.3) is 11.6 Å². The molecule has 0 atom stereocenters. The standard InChI is InChI=1S/C24H27N5O3/c30-24(23-16-22(26-27-23)20-6-8-21(9-7-20)29(31)32)25-13-10-18-11-14-28(15-12-18)17-19-4-2-1-3-5-19/h1-9,16,18H,10-15,17H2,(H,25,30)(H,26,27). The van der Waals surface area contributed by atoms with E-state index in [4.69, 9.17) is 0 Å². The van der Waals surface area contributed by atoms with Crippen molar-refractivity contribution < 1.29 is 9.72 Å². The van der Waals surface area contributed by atoms with Gasteiger partial charge in [0.05, 0.1) is 10.6 Å². The number of H-pyrrole nitrogens is 1. The molecule has 8 nitrogen and oxygen atoms in total. The van der Waals surface area contributed by atoms with E-state index >= 15 is 0 Å². The summed E-state index contributed by atoms with van der Waals surface area (Å²) in [7, 11) is 0. The molecule has 3 aromatic rings. The lowest BCUT2D eigenvalue weighted by Gasteiger charge is -2.32. The molecule has 8 heteroatoms. The van der Waals surface area contributed by atoms with E-state index in [0.29, 0.717) is 29.4 Å². The van der Waals surface area contributed by atoms with E-state index in [0.717, 1.165) is 38.9 Å². The number of rotatable bonds is 8. The van der Waals surface area contributed by atoms with Gasteiger partial charge in [-0.25, -0.2) is 0 Å². The maximum Gasteiger partial charge on any atom is 0.269 e. The number of amides is 1. The number of hydrogen-bond donors (Lipinski definition) is 2. The third-order valence-corrected chi connectivity index (χ3v) is 5.99. The van der Waals surface area contributed by atoms with Crippen LogP contribution in [0.2, 0.25) is 0 Å². The summed E-state index contributed by atoms with van der Waals surface area (Å²) >= 11 is 0. The number of nitrogens with zero attached hydrogens (tertiary/aromatic N) is 3. The van der Waals surface area contributed by atoms with Crippen LogP contribution in [0.15, 0.2) is 60.7 Å². The van der Waals surface area contributed by atoms with E-state index in [1.54, 1.807) is 18.2 Å². The lowest BCUT2D eigenvalue weighted by Crippen LogP contribution is -2.34. The van der Waals surface area contributed by atoms with Gasteiger partial charge in [0.2, 0.25) is 0 Å². The first kappa shape index (κ1) is 21.7. The SMILES string of the molecule is O=C(NCCC1CCN(Cc2ccccc2)CC1)c1cc(-c2ccc([N+](=O)[O-])cc2)n[nH]1. The second kappa shape index (κ2) is 10.2. The van der Waals surface area contributed by atoms with Crippen LogP contribution in [0, 0.1) is 16.0 Å². The first-order chi connectivity index (χ1) is 15.6. The number of aromatic nitrogens is 2. The number of nitro groups is 1. The number of carbonyl (C=O) groups is 1. The van der Waals surface area contributed by atoms with Crippen LogP contribution in [-0.2, 0) is 6.54 Å². The number of hydrogen-bond acceptors (Lipinski definition) is 5. The molecular formula is C24H27N5O3. The van der Waals surface area contributed by atoms with Gasteiger partial charge in [-0.3, -0.25) is 24.9 Å². The molecule has 0 spiro atoms. The molecule has 1 saturated heterocycles. The molecule has 1 aliphatic heterocycles. The minimum Gasteiger partial charge on any atom is -0.351 e. The molecular weight excluding hydrogens is 406 g/mol. The Morgan fingerprint density at radius 2 is 1.84 bits per heavy atom. The van der Waals surface area contributed by atoms with Crippen molar-refractivity contribution >= 4 is 11.6 Å². The zero-order valence-corrected chi connectivity index (χ0v) is 17.9. The monoisotopic (exact) mass is 433 g/mol. The summed E-state index contributed by atoms with van der Waals surface area (Å²) in [6.45, 7) is 3.81. The predicted molar refractivity (Wildman–Crippen MR) is 122 cm³/mol. The van der Waals surface area contributed by atoms with E-state index in [2.05, 4.69) is 44.7 Å². The van der Waals surface area contributed by atoms with E-state index in [9.17, 15) is 14.9 Å². The van der Waals surface area contributed by atoms with Crippen LogP contribution in [0.5, 0.6) is 0 Å². The topological polar surface area (TPSA) is 104 Å². The van der Waals surface area contributed by atoms with Crippen molar-refractivity contribution in [2.45, 2.75) is 25.8 Å². The zero-order valence-electron chi connectivity index (χ0n) is 17.9. The highest BCUT2D eigenvalue weighted by Gasteiger charge is 2.19. The molecule has 1 amide bonds. The molecule has 166 valence electrons. The van der Waals surface area contributed by atoms with Crippen LogP contribution < -0.4 is 5.32 Å². The van der Waals surface area contributed by atoms with Gasteiger partial charge < -0.3 is 5.32 Å². The summed E-state index contributed by atoms with van der Waals surface area (Å²) in [6.07, 6.45) is 3.27. The number of non-ortho nitro benzene ring substituents is 1. The molecule has 1 aromatic heterocycles. The van der Waals surface area contributed by atoms with Crippen molar-refractivity contribution in [1.29, 1.82) is 0 Å². The Morgan fingerprint density at radius 1 is 1.12 bits per heavy atom. The van der Waals surface area contributed by atoms with Crippen LogP contribution in [0.4, 0.5) is 5.69 Å². The molecule has 1 aliphatic rings. The summed E-state index contributed by atoms with van der Waals surface area (Å²) < 4.78 is 0. The summed E-state index contributed by atoms with van der Waals surface area (Å²) in [4.78, 5) is 25.3. The Bertz CT molecular complexity index is 1040. The fourth-order valence-corrected chi connectivity index (χ4v) is 4.10. The first-order valence-electron chi connectivity index (χ1n) is 10.9. The van der Waals surface area contributed by atoms with Gasteiger partial charge in [-0.2, -0.15) is 5.10 Å². The van der Waals surface area contributed by atoms with Crippen LogP contribution in [0.3, 0.4) is 0 Å².